The van der Waals surface area contributed by atoms with Crippen LogP contribution in [-0.2, 0) is 10.0 Å². The van der Waals surface area contributed by atoms with E-state index in [1.54, 1.807) is 6.07 Å². The van der Waals surface area contributed by atoms with Gasteiger partial charge < -0.3 is 4.74 Å². The predicted octanol–water partition coefficient (Wildman–Crippen LogP) is -0.242. The zero-order valence-corrected chi connectivity index (χ0v) is 13.5. The van der Waals surface area contributed by atoms with Gasteiger partial charge in [0.15, 0.2) is 0 Å². The molecule has 2 aromatic heterocycles. The normalized spacial score (nSPS) is 11.6. The molecule has 0 spiro atoms. The maximum atomic E-state index is 11.7. The third kappa shape index (κ3) is 3.01. The monoisotopic (exact) mass is 351 g/mol. The minimum atomic E-state index is -3.42. The van der Waals surface area contributed by atoms with Gasteiger partial charge in [-0.1, -0.05) is 0 Å². The van der Waals surface area contributed by atoms with Crippen molar-refractivity contribution in [1.29, 1.82) is 0 Å². The highest BCUT2D eigenvalue weighted by Crippen LogP contribution is 2.31. The van der Waals surface area contributed by atoms with Crippen molar-refractivity contribution in [1.82, 2.24) is 19.6 Å². The van der Waals surface area contributed by atoms with Crippen molar-refractivity contribution in [2.45, 2.75) is 0 Å². The summed E-state index contributed by atoms with van der Waals surface area (Å²) in [5, 5.41) is 2.41. The van der Waals surface area contributed by atoms with E-state index in [0.29, 0.717) is 22.7 Å². The maximum Gasteiger partial charge on any atom is 0.340 e. The second-order valence-electron chi connectivity index (χ2n) is 5.00. The van der Waals surface area contributed by atoms with Crippen LogP contribution in [0.25, 0.3) is 16.9 Å². The number of sulfonamides is 1. The standard InChI is InChI=1S/C13H13N5O5S/c1-23-10-5-7(17-24(2,21)22)3-4-8(10)9-6-18-11(14-9)12(19)15-13(20)16-18/h3-6,17H,1-2H3,(H2,15,16,19,20). The molecule has 1 aromatic carbocycles. The quantitative estimate of drug-likeness (QED) is 0.593. The fourth-order valence-electron chi connectivity index (χ4n) is 2.23. The summed E-state index contributed by atoms with van der Waals surface area (Å²) < 4.78 is 31.4. The number of benzene rings is 1. The minimum absolute atomic E-state index is 0.0185. The summed E-state index contributed by atoms with van der Waals surface area (Å²) in [6.07, 6.45) is 2.51. The van der Waals surface area contributed by atoms with Gasteiger partial charge in [0.1, 0.15) is 5.75 Å². The van der Waals surface area contributed by atoms with Gasteiger partial charge in [0.05, 0.1) is 30.9 Å². The average molecular weight is 351 g/mol. The maximum absolute atomic E-state index is 11.7. The first-order valence-corrected chi connectivity index (χ1v) is 8.54. The molecule has 10 nitrogen and oxygen atoms in total. The van der Waals surface area contributed by atoms with Crippen molar-refractivity contribution in [2.75, 3.05) is 18.1 Å². The molecule has 0 aliphatic carbocycles. The van der Waals surface area contributed by atoms with Crippen molar-refractivity contribution in [3.63, 3.8) is 0 Å². The van der Waals surface area contributed by atoms with E-state index in [0.717, 1.165) is 6.26 Å². The molecular formula is C13H13N5O5S. The van der Waals surface area contributed by atoms with Gasteiger partial charge in [-0.3, -0.25) is 14.5 Å². The van der Waals surface area contributed by atoms with Crippen molar-refractivity contribution in [2.24, 2.45) is 0 Å². The number of aromatic amines is 2. The molecular weight excluding hydrogens is 338 g/mol. The van der Waals surface area contributed by atoms with Crippen molar-refractivity contribution in [3.05, 3.63) is 45.2 Å². The first-order valence-electron chi connectivity index (χ1n) is 6.65. The smallest absolute Gasteiger partial charge is 0.340 e. The Morgan fingerprint density at radius 2 is 2.04 bits per heavy atom. The van der Waals surface area contributed by atoms with Crippen molar-refractivity contribution >= 4 is 21.4 Å². The topological polar surface area (TPSA) is 138 Å². The summed E-state index contributed by atoms with van der Waals surface area (Å²) >= 11 is 0. The molecule has 2 heterocycles. The third-order valence-electron chi connectivity index (χ3n) is 3.14. The number of aromatic nitrogens is 4. The molecule has 0 bridgehead atoms. The van der Waals surface area contributed by atoms with E-state index >= 15 is 0 Å². The van der Waals surface area contributed by atoms with Gasteiger partial charge in [0, 0.05) is 11.6 Å². The summed E-state index contributed by atoms with van der Waals surface area (Å²) in [6.45, 7) is 0. The van der Waals surface area contributed by atoms with Gasteiger partial charge in [-0.2, -0.15) is 0 Å². The Labute approximate surface area is 135 Å². The van der Waals surface area contributed by atoms with Crippen molar-refractivity contribution < 1.29 is 13.2 Å². The number of H-pyrrole nitrogens is 2. The average Bonchev–Trinajstić information content (AvgIpc) is 2.89. The van der Waals surface area contributed by atoms with E-state index in [1.807, 2.05) is 0 Å². The SMILES string of the molecule is COc1cc(NS(C)(=O)=O)ccc1-c1cn2[nH]c(=O)[nH]c(=O)c2n1. The molecule has 0 aliphatic rings. The summed E-state index contributed by atoms with van der Waals surface area (Å²) in [7, 11) is -2.00. The Hall–Kier alpha value is -3.08. The molecule has 0 saturated heterocycles. The Bertz CT molecular complexity index is 1140. The molecule has 3 N–H and O–H groups in total. The van der Waals surface area contributed by atoms with Gasteiger partial charge in [0.25, 0.3) is 5.56 Å². The van der Waals surface area contributed by atoms with Crippen molar-refractivity contribution in [3.8, 4) is 17.0 Å². The summed E-state index contributed by atoms with van der Waals surface area (Å²) in [5.41, 5.74) is -0.0286. The number of anilines is 1. The number of methoxy groups -OCH3 is 1. The predicted molar refractivity (Wildman–Crippen MR) is 86.9 cm³/mol. The molecule has 3 rings (SSSR count). The molecule has 126 valence electrons. The number of hydrogen-bond acceptors (Lipinski definition) is 6. The highest BCUT2D eigenvalue weighted by molar-refractivity contribution is 7.92. The Morgan fingerprint density at radius 3 is 2.71 bits per heavy atom. The number of fused-ring (bicyclic) bond motifs is 1. The molecule has 0 fully saturated rings. The van der Waals surface area contributed by atoms with Crippen LogP contribution in [0.3, 0.4) is 0 Å². The fraction of sp³-hybridized carbons (Fsp3) is 0.154. The van der Waals surface area contributed by atoms with Gasteiger partial charge in [0.2, 0.25) is 15.7 Å². The second-order valence-corrected chi connectivity index (χ2v) is 6.75. The zero-order chi connectivity index (χ0) is 17.5. The molecule has 0 aliphatic heterocycles. The number of nitrogens with one attached hydrogen (secondary N) is 3. The second kappa shape index (κ2) is 5.53. The number of ether oxygens (including phenoxy) is 1. The highest BCUT2D eigenvalue weighted by atomic mass is 32.2. The molecule has 24 heavy (non-hydrogen) atoms. The van der Waals surface area contributed by atoms with Gasteiger partial charge in [-0.05, 0) is 12.1 Å². The molecule has 0 saturated carbocycles. The lowest BCUT2D eigenvalue weighted by atomic mass is 10.1. The van der Waals surface area contributed by atoms with E-state index < -0.39 is 21.3 Å². The van der Waals surface area contributed by atoms with Crippen LogP contribution in [0.4, 0.5) is 5.69 Å². The number of rotatable bonds is 4. The summed E-state index contributed by atoms with van der Waals surface area (Å²) in [4.78, 5) is 29.3. The van der Waals surface area contributed by atoms with Crippen LogP contribution in [0.2, 0.25) is 0 Å². The molecule has 11 heteroatoms. The number of imidazole rings is 1. The van der Waals surface area contributed by atoms with Crippen LogP contribution < -0.4 is 20.7 Å². The fourth-order valence-corrected chi connectivity index (χ4v) is 2.79. The lowest BCUT2D eigenvalue weighted by Crippen LogP contribution is -2.25. The zero-order valence-electron chi connectivity index (χ0n) is 12.7. The van der Waals surface area contributed by atoms with E-state index in [9.17, 15) is 18.0 Å². The molecule has 3 aromatic rings. The molecule has 0 unspecified atom stereocenters. The van der Waals surface area contributed by atoms with E-state index in [-0.39, 0.29) is 5.65 Å². The highest BCUT2D eigenvalue weighted by Gasteiger charge is 2.14. The Morgan fingerprint density at radius 1 is 1.29 bits per heavy atom. The van der Waals surface area contributed by atoms with Gasteiger partial charge in [-0.15, -0.1) is 0 Å². The molecule has 0 radical (unpaired) electrons. The van der Waals surface area contributed by atoms with E-state index in [4.69, 9.17) is 4.74 Å². The summed E-state index contributed by atoms with van der Waals surface area (Å²) in [5.74, 6) is 0.353. The molecule has 0 atom stereocenters. The van der Waals surface area contributed by atoms with Crippen LogP contribution in [0.1, 0.15) is 0 Å². The minimum Gasteiger partial charge on any atom is -0.496 e. The van der Waals surface area contributed by atoms with Crippen LogP contribution in [0, 0.1) is 0 Å². The van der Waals surface area contributed by atoms with Crippen LogP contribution in [-0.4, -0.2) is 41.4 Å². The number of nitrogens with zero attached hydrogens (tertiary/aromatic N) is 2. The largest absolute Gasteiger partial charge is 0.496 e. The number of hydrogen-bond donors (Lipinski definition) is 3. The summed E-state index contributed by atoms with van der Waals surface area (Å²) in [6, 6.07) is 4.63. The molecule has 0 amide bonds. The van der Waals surface area contributed by atoms with E-state index in [2.05, 4.69) is 19.8 Å². The van der Waals surface area contributed by atoms with Gasteiger partial charge in [-0.25, -0.2) is 27.8 Å². The Kier molecular flexibility index (Phi) is 3.64. The third-order valence-corrected chi connectivity index (χ3v) is 3.75. The lowest BCUT2D eigenvalue weighted by Gasteiger charge is -2.09. The van der Waals surface area contributed by atoms with Crippen LogP contribution in [0.15, 0.2) is 34.0 Å². The first-order chi connectivity index (χ1) is 11.3. The Balaban J connectivity index is 2.14. The van der Waals surface area contributed by atoms with Gasteiger partial charge >= 0.3 is 5.69 Å². The van der Waals surface area contributed by atoms with E-state index in [1.165, 1.54) is 30.0 Å². The van der Waals surface area contributed by atoms with Crippen LogP contribution in [0.5, 0.6) is 5.75 Å². The first kappa shape index (κ1) is 15.8. The lowest BCUT2D eigenvalue weighted by molar-refractivity contribution is 0.416. The van der Waals surface area contributed by atoms with Crippen LogP contribution >= 0.6 is 0 Å².